The molecule has 180 valence electrons. The minimum absolute atomic E-state index is 0.136. The smallest absolute Gasteiger partial charge is 0.244 e. The van der Waals surface area contributed by atoms with Gasteiger partial charge < -0.3 is 15.0 Å². The lowest BCUT2D eigenvalue weighted by atomic mass is 10.1. The molecule has 0 aliphatic heterocycles. The number of amides is 2. The van der Waals surface area contributed by atoms with Crippen molar-refractivity contribution in [1.82, 2.24) is 10.2 Å². The first kappa shape index (κ1) is 26.2. The minimum Gasteiger partial charge on any atom is -0.497 e. The standard InChI is InChI=1S/C24H33N3O5S/c1-6-22(24(29)25-7-2)26(16-19-11-9-13-21(15-19)32-4)23(28)17-27(33(5,30)31)20-12-8-10-18(3)14-20/h8-15,22H,6-7,16-17H2,1-5H3,(H,25,29). The lowest BCUT2D eigenvalue weighted by Crippen LogP contribution is -2.52. The predicted octanol–water partition coefficient (Wildman–Crippen LogP) is 2.71. The molecule has 0 aliphatic rings. The molecule has 33 heavy (non-hydrogen) atoms. The SMILES string of the molecule is CCNC(=O)C(CC)N(Cc1cccc(OC)c1)C(=O)CN(c1cccc(C)c1)S(C)(=O)=O. The number of methoxy groups -OCH3 is 1. The van der Waals surface area contributed by atoms with Crippen molar-refractivity contribution < 1.29 is 22.7 Å². The van der Waals surface area contributed by atoms with Crippen LogP contribution in [0.4, 0.5) is 5.69 Å². The largest absolute Gasteiger partial charge is 0.497 e. The number of carbonyl (C=O) groups is 2. The van der Waals surface area contributed by atoms with Crippen molar-refractivity contribution in [3.8, 4) is 5.75 Å². The first-order valence-corrected chi connectivity index (χ1v) is 12.7. The summed E-state index contributed by atoms with van der Waals surface area (Å²) in [6, 6.07) is 13.4. The van der Waals surface area contributed by atoms with Gasteiger partial charge in [0, 0.05) is 13.1 Å². The molecule has 2 aromatic carbocycles. The fourth-order valence-electron chi connectivity index (χ4n) is 3.58. The van der Waals surface area contributed by atoms with E-state index in [1.165, 1.54) is 4.90 Å². The summed E-state index contributed by atoms with van der Waals surface area (Å²) in [5, 5.41) is 2.77. The van der Waals surface area contributed by atoms with E-state index in [9.17, 15) is 18.0 Å². The number of anilines is 1. The number of hydrogen-bond donors (Lipinski definition) is 1. The van der Waals surface area contributed by atoms with Crippen molar-refractivity contribution in [2.24, 2.45) is 0 Å². The van der Waals surface area contributed by atoms with Gasteiger partial charge in [0.2, 0.25) is 21.8 Å². The molecule has 0 saturated heterocycles. The number of likely N-dealkylation sites (N-methyl/N-ethyl adjacent to an activating group) is 1. The Labute approximate surface area is 196 Å². The third-order valence-electron chi connectivity index (χ3n) is 5.19. The number of carbonyl (C=O) groups excluding carboxylic acids is 2. The van der Waals surface area contributed by atoms with Crippen LogP contribution >= 0.6 is 0 Å². The van der Waals surface area contributed by atoms with Gasteiger partial charge >= 0.3 is 0 Å². The summed E-state index contributed by atoms with van der Waals surface area (Å²) in [6.07, 6.45) is 1.45. The molecule has 8 nitrogen and oxygen atoms in total. The van der Waals surface area contributed by atoms with E-state index in [1.807, 2.05) is 32.9 Å². The number of aryl methyl sites for hydroxylation is 1. The van der Waals surface area contributed by atoms with E-state index < -0.39 is 28.5 Å². The van der Waals surface area contributed by atoms with Crippen molar-refractivity contribution in [1.29, 1.82) is 0 Å². The van der Waals surface area contributed by atoms with Gasteiger partial charge in [-0.15, -0.1) is 0 Å². The highest BCUT2D eigenvalue weighted by Gasteiger charge is 2.31. The second-order valence-corrected chi connectivity index (χ2v) is 9.71. The van der Waals surface area contributed by atoms with E-state index in [-0.39, 0.29) is 12.5 Å². The highest BCUT2D eigenvalue weighted by atomic mass is 32.2. The first-order chi connectivity index (χ1) is 15.6. The Morgan fingerprint density at radius 3 is 2.36 bits per heavy atom. The average molecular weight is 476 g/mol. The van der Waals surface area contributed by atoms with Gasteiger partial charge in [-0.3, -0.25) is 13.9 Å². The third-order valence-corrected chi connectivity index (χ3v) is 6.33. The van der Waals surface area contributed by atoms with Crippen LogP contribution in [0, 0.1) is 6.92 Å². The molecule has 0 aliphatic carbocycles. The molecule has 2 rings (SSSR count). The fourth-order valence-corrected chi connectivity index (χ4v) is 4.42. The number of benzene rings is 2. The van der Waals surface area contributed by atoms with E-state index in [0.717, 1.165) is 21.7 Å². The summed E-state index contributed by atoms with van der Waals surface area (Å²) in [5.41, 5.74) is 2.04. The van der Waals surface area contributed by atoms with Gasteiger partial charge in [-0.2, -0.15) is 0 Å². The van der Waals surface area contributed by atoms with Gasteiger partial charge in [0.15, 0.2) is 0 Å². The molecular formula is C24H33N3O5S. The lowest BCUT2D eigenvalue weighted by molar-refractivity contribution is -0.140. The Morgan fingerprint density at radius 1 is 1.09 bits per heavy atom. The Bertz CT molecular complexity index is 1070. The molecule has 1 N–H and O–H groups in total. The fraction of sp³-hybridized carbons (Fsp3) is 0.417. The molecular weight excluding hydrogens is 442 g/mol. The van der Waals surface area contributed by atoms with E-state index in [4.69, 9.17) is 4.74 Å². The topological polar surface area (TPSA) is 96.0 Å². The number of hydrogen-bond acceptors (Lipinski definition) is 5. The molecule has 1 unspecified atom stereocenters. The molecule has 2 amide bonds. The number of sulfonamides is 1. The van der Waals surface area contributed by atoms with Gasteiger partial charge in [0.25, 0.3) is 0 Å². The molecule has 0 bridgehead atoms. The molecule has 2 aromatic rings. The predicted molar refractivity (Wildman–Crippen MR) is 130 cm³/mol. The molecule has 0 radical (unpaired) electrons. The zero-order valence-corrected chi connectivity index (χ0v) is 20.7. The molecule has 0 spiro atoms. The molecule has 1 atom stereocenters. The molecule has 9 heteroatoms. The van der Waals surface area contributed by atoms with Crippen LogP contribution in [-0.2, 0) is 26.2 Å². The summed E-state index contributed by atoms with van der Waals surface area (Å²) in [6.45, 7) is 5.63. The zero-order chi connectivity index (χ0) is 24.6. The molecule has 0 heterocycles. The first-order valence-electron chi connectivity index (χ1n) is 10.8. The van der Waals surface area contributed by atoms with E-state index in [1.54, 1.807) is 43.5 Å². The van der Waals surface area contributed by atoms with Crippen LogP contribution in [0.1, 0.15) is 31.4 Å². The molecule has 0 fully saturated rings. The van der Waals surface area contributed by atoms with Crippen molar-refractivity contribution >= 4 is 27.5 Å². The Balaban J connectivity index is 2.44. The van der Waals surface area contributed by atoms with Crippen LogP contribution in [0.3, 0.4) is 0 Å². The van der Waals surface area contributed by atoms with Crippen LogP contribution in [0.2, 0.25) is 0 Å². The number of nitrogens with one attached hydrogen (secondary N) is 1. The highest BCUT2D eigenvalue weighted by molar-refractivity contribution is 7.92. The van der Waals surface area contributed by atoms with Crippen LogP contribution in [-0.4, -0.2) is 57.6 Å². The number of rotatable bonds is 11. The van der Waals surface area contributed by atoms with Gasteiger partial charge in [-0.25, -0.2) is 8.42 Å². The average Bonchev–Trinajstić information content (AvgIpc) is 2.76. The van der Waals surface area contributed by atoms with Gasteiger partial charge in [-0.05, 0) is 55.7 Å². The highest BCUT2D eigenvalue weighted by Crippen LogP contribution is 2.21. The van der Waals surface area contributed by atoms with Crippen LogP contribution < -0.4 is 14.4 Å². The number of nitrogens with zero attached hydrogens (tertiary/aromatic N) is 2. The monoisotopic (exact) mass is 475 g/mol. The van der Waals surface area contributed by atoms with Crippen molar-refractivity contribution in [2.75, 3.05) is 30.8 Å². The maximum Gasteiger partial charge on any atom is 0.244 e. The second kappa shape index (κ2) is 11.7. The third kappa shape index (κ3) is 7.21. The van der Waals surface area contributed by atoms with Crippen LogP contribution in [0.15, 0.2) is 48.5 Å². The van der Waals surface area contributed by atoms with Crippen molar-refractivity contribution in [2.45, 2.75) is 39.8 Å². The quantitative estimate of drug-likeness (QED) is 0.539. The van der Waals surface area contributed by atoms with Crippen molar-refractivity contribution in [3.63, 3.8) is 0 Å². The van der Waals surface area contributed by atoms with Crippen LogP contribution in [0.5, 0.6) is 5.75 Å². The Hall–Kier alpha value is -3.07. The molecule has 0 saturated carbocycles. The normalized spacial score (nSPS) is 12.0. The maximum atomic E-state index is 13.5. The van der Waals surface area contributed by atoms with Gasteiger partial charge in [-0.1, -0.05) is 31.2 Å². The van der Waals surface area contributed by atoms with Gasteiger partial charge in [0.05, 0.1) is 19.1 Å². The van der Waals surface area contributed by atoms with Crippen molar-refractivity contribution in [3.05, 3.63) is 59.7 Å². The van der Waals surface area contributed by atoms with E-state index in [0.29, 0.717) is 24.4 Å². The summed E-state index contributed by atoms with van der Waals surface area (Å²) < 4.78 is 31.5. The number of ether oxygens (including phenoxy) is 1. The van der Waals surface area contributed by atoms with E-state index >= 15 is 0 Å². The summed E-state index contributed by atoms with van der Waals surface area (Å²) in [5.74, 6) is -0.121. The Morgan fingerprint density at radius 2 is 1.79 bits per heavy atom. The maximum absolute atomic E-state index is 13.5. The van der Waals surface area contributed by atoms with Gasteiger partial charge in [0.1, 0.15) is 18.3 Å². The summed E-state index contributed by atoms with van der Waals surface area (Å²) in [7, 11) is -2.19. The molecule has 0 aromatic heterocycles. The Kier molecular flexibility index (Phi) is 9.28. The van der Waals surface area contributed by atoms with Crippen LogP contribution in [0.25, 0.3) is 0 Å². The zero-order valence-electron chi connectivity index (χ0n) is 19.9. The van der Waals surface area contributed by atoms with E-state index in [2.05, 4.69) is 5.32 Å². The summed E-state index contributed by atoms with van der Waals surface area (Å²) >= 11 is 0. The minimum atomic E-state index is -3.74. The summed E-state index contributed by atoms with van der Waals surface area (Å²) in [4.78, 5) is 27.7. The second-order valence-electron chi connectivity index (χ2n) is 7.80. The lowest BCUT2D eigenvalue weighted by Gasteiger charge is -2.33.